The van der Waals surface area contributed by atoms with Crippen LogP contribution in [0.15, 0.2) is 65.6 Å². The number of halogens is 1. The zero-order valence-corrected chi connectivity index (χ0v) is 17.3. The van der Waals surface area contributed by atoms with E-state index in [1.54, 1.807) is 6.92 Å². The molecule has 0 aromatic heterocycles. The SMILES string of the molecule is Cc1cc(F)ccc1S(=O)(=O)NC[C@@H](c1cccc2ccccc12)[NH+]1CCCC1. The fourth-order valence-electron chi connectivity index (χ4n) is 4.39. The minimum absolute atomic E-state index is 0.0270. The van der Waals surface area contributed by atoms with Crippen molar-refractivity contribution in [1.82, 2.24) is 4.72 Å². The lowest BCUT2D eigenvalue weighted by atomic mass is 9.98. The van der Waals surface area contributed by atoms with E-state index in [1.807, 2.05) is 18.2 Å². The van der Waals surface area contributed by atoms with E-state index in [2.05, 4.69) is 29.0 Å². The minimum atomic E-state index is -3.72. The second-order valence-electron chi connectivity index (χ2n) is 7.75. The fourth-order valence-corrected chi connectivity index (χ4v) is 5.66. The molecular formula is C23H26FN2O2S+. The Morgan fingerprint density at radius 1 is 1.03 bits per heavy atom. The van der Waals surface area contributed by atoms with Crippen LogP contribution < -0.4 is 9.62 Å². The average Bonchev–Trinajstić information content (AvgIpc) is 3.22. The van der Waals surface area contributed by atoms with Crippen molar-refractivity contribution in [3.63, 3.8) is 0 Å². The summed E-state index contributed by atoms with van der Waals surface area (Å²) in [6, 6.07) is 18.3. The van der Waals surface area contributed by atoms with Crippen molar-refractivity contribution < 1.29 is 17.7 Å². The van der Waals surface area contributed by atoms with Gasteiger partial charge in [0.05, 0.1) is 24.5 Å². The normalized spacial score (nSPS) is 16.3. The van der Waals surface area contributed by atoms with Gasteiger partial charge in [0.1, 0.15) is 11.9 Å². The lowest BCUT2D eigenvalue weighted by Crippen LogP contribution is -3.11. The first-order valence-electron chi connectivity index (χ1n) is 10.0. The number of likely N-dealkylation sites (tertiary alicyclic amines) is 1. The Morgan fingerprint density at radius 3 is 2.52 bits per heavy atom. The van der Waals surface area contributed by atoms with Crippen LogP contribution in [0.25, 0.3) is 10.8 Å². The van der Waals surface area contributed by atoms with Gasteiger partial charge in [-0.25, -0.2) is 17.5 Å². The Balaban J connectivity index is 1.66. The largest absolute Gasteiger partial charge is 0.328 e. The molecule has 3 aromatic rings. The molecule has 0 radical (unpaired) electrons. The summed E-state index contributed by atoms with van der Waals surface area (Å²) in [6.45, 7) is 3.99. The number of aryl methyl sites for hydroxylation is 1. The predicted molar refractivity (Wildman–Crippen MR) is 113 cm³/mol. The molecule has 4 nitrogen and oxygen atoms in total. The van der Waals surface area contributed by atoms with Crippen molar-refractivity contribution in [3.8, 4) is 0 Å². The highest BCUT2D eigenvalue weighted by atomic mass is 32.2. The average molecular weight is 414 g/mol. The molecule has 1 aliphatic rings. The molecule has 0 amide bonds. The molecule has 1 atom stereocenters. The number of benzene rings is 3. The van der Waals surface area contributed by atoms with Gasteiger partial charge < -0.3 is 4.90 Å². The molecule has 29 heavy (non-hydrogen) atoms. The number of fused-ring (bicyclic) bond motifs is 1. The monoisotopic (exact) mass is 413 g/mol. The molecular weight excluding hydrogens is 387 g/mol. The maximum absolute atomic E-state index is 13.4. The number of sulfonamides is 1. The van der Waals surface area contributed by atoms with Gasteiger partial charge in [0, 0.05) is 18.4 Å². The smallest absolute Gasteiger partial charge is 0.241 e. The molecule has 1 saturated heterocycles. The van der Waals surface area contributed by atoms with Crippen molar-refractivity contribution in [1.29, 1.82) is 0 Å². The molecule has 6 heteroatoms. The first-order valence-corrected chi connectivity index (χ1v) is 11.5. The molecule has 0 bridgehead atoms. The highest BCUT2D eigenvalue weighted by Gasteiger charge is 2.30. The Morgan fingerprint density at radius 2 is 1.76 bits per heavy atom. The second kappa shape index (κ2) is 8.22. The van der Waals surface area contributed by atoms with Gasteiger partial charge in [0.15, 0.2) is 0 Å². The Bertz CT molecular complexity index is 1120. The molecule has 2 N–H and O–H groups in total. The van der Waals surface area contributed by atoms with Crippen LogP contribution >= 0.6 is 0 Å². The summed E-state index contributed by atoms with van der Waals surface area (Å²) in [6.07, 6.45) is 2.31. The van der Waals surface area contributed by atoms with Crippen LogP contribution in [0.3, 0.4) is 0 Å². The molecule has 0 aliphatic carbocycles. The maximum Gasteiger partial charge on any atom is 0.241 e. The zero-order chi connectivity index (χ0) is 20.4. The molecule has 0 saturated carbocycles. The van der Waals surface area contributed by atoms with Crippen LogP contribution in [0.4, 0.5) is 4.39 Å². The number of hydrogen-bond donors (Lipinski definition) is 2. The van der Waals surface area contributed by atoms with E-state index in [4.69, 9.17) is 0 Å². The van der Waals surface area contributed by atoms with E-state index in [-0.39, 0.29) is 10.9 Å². The van der Waals surface area contributed by atoms with Crippen molar-refractivity contribution in [2.45, 2.75) is 30.7 Å². The maximum atomic E-state index is 13.4. The molecule has 0 spiro atoms. The van der Waals surface area contributed by atoms with Crippen molar-refractivity contribution >= 4 is 20.8 Å². The van der Waals surface area contributed by atoms with Crippen LogP contribution in [0.1, 0.15) is 30.0 Å². The minimum Gasteiger partial charge on any atom is -0.328 e. The molecule has 1 heterocycles. The van der Waals surface area contributed by atoms with Gasteiger partial charge >= 0.3 is 0 Å². The number of quaternary nitrogens is 1. The summed E-state index contributed by atoms with van der Waals surface area (Å²) in [5.41, 5.74) is 1.58. The van der Waals surface area contributed by atoms with Crippen molar-refractivity contribution in [2.24, 2.45) is 0 Å². The third kappa shape index (κ3) is 4.20. The van der Waals surface area contributed by atoms with E-state index >= 15 is 0 Å². The van der Waals surface area contributed by atoms with Gasteiger partial charge in [-0.15, -0.1) is 0 Å². The third-order valence-corrected chi connectivity index (χ3v) is 7.43. The lowest BCUT2D eigenvalue weighted by molar-refractivity contribution is -0.918. The Kier molecular flexibility index (Phi) is 5.67. The summed E-state index contributed by atoms with van der Waals surface area (Å²) in [5.74, 6) is -0.434. The standard InChI is InChI=1S/C23H25FN2O2S/c1-17-15-19(24)11-12-23(17)29(27,28)25-16-22(26-13-4-5-14-26)21-10-6-8-18-7-2-3-9-20(18)21/h2-3,6-12,15,22,25H,4-5,13-14,16H2,1H3/p+1/t22-/m0/s1. The van der Waals surface area contributed by atoms with E-state index in [1.165, 1.54) is 28.7 Å². The van der Waals surface area contributed by atoms with Crippen molar-refractivity contribution in [3.05, 3.63) is 77.6 Å². The molecule has 0 unspecified atom stereocenters. The van der Waals surface area contributed by atoms with E-state index < -0.39 is 15.8 Å². The molecule has 1 aliphatic heterocycles. The quantitative estimate of drug-likeness (QED) is 0.653. The number of rotatable bonds is 6. The summed E-state index contributed by atoms with van der Waals surface area (Å²) in [5, 5.41) is 2.32. The highest BCUT2D eigenvalue weighted by molar-refractivity contribution is 7.89. The predicted octanol–water partition coefficient (Wildman–Crippen LogP) is 2.99. The molecule has 4 rings (SSSR count). The molecule has 1 fully saturated rings. The second-order valence-corrected chi connectivity index (χ2v) is 9.48. The van der Waals surface area contributed by atoms with Crippen LogP contribution in [0.5, 0.6) is 0 Å². The van der Waals surface area contributed by atoms with Gasteiger partial charge in [0.25, 0.3) is 0 Å². The van der Waals surface area contributed by atoms with Gasteiger partial charge in [-0.1, -0.05) is 42.5 Å². The molecule has 152 valence electrons. The summed E-state index contributed by atoms with van der Waals surface area (Å²) >= 11 is 0. The summed E-state index contributed by atoms with van der Waals surface area (Å²) in [7, 11) is -3.72. The van der Waals surface area contributed by atoms with Crippen LogP contribution in [-0.4, -0.2) is 28.1 Å². The first kappa shape index (κ1) is 20.0. The number of hydrogen-bond acceptors (Lipinski definition) is 2. The highest BCUT2D eigenvalue weighted by Crippen LogP contribution is 2.24. The van der Waals surface area contributed by atoms with Gasteiger partial charge in [-0.3, -0.25) is 0 Å². The van der Waals surface area contributed by atoms with Gasteiger partial charge in [-0.05, 0) is 41.5 Å². The first-order chi connectivity index (χ1) is 14.0. The summed E-state index contributed by atoms with van der Waals surface area (Å²) < 4.78 is 42.1. The van der Waals surface area contributed by atoms with Gasteiger partial charge in [0.2, 0.25) is 10.0 Å². The van der Waals surface area contributed by atoms with Crippen LogP contribution in [0.2, 0.25) is 0 Å². The van der Waals surface area contributed by atoms with Crippen molar-refractivity contribution in [2.75, 3.05) is 19.6 Å². The Labute approximate surface area is 171 Å². The number of nitrogens with one attached hydrogen (secondary N) is 2. The van der Waals surface area contributed by atoms with E-state index in [0.29, 0.717) is 12.1 Å². The van der Waals surface area contributed by atoms with Crippen LogP contribution in [-0.2, 0) is 10.0 Å². The topological polar surface area (TPSA) is 50.6 Å². The van der Waals surface area contributed by atoms with E-state index in [9.17, 15) is 12.8 Å². The third-order valence-electron chi connectivity index (χ3n) is 5.84. The van der Waals surface area contributed by atoms with Gasteiger partial charge in [-0.2, -0.15) is 0 Å². The zero-order valence-electron chi connectivity index (χ0n) is 16.5. The molecule has 3 aromatic carbocycles. The Hall–Kier alpha value is -2.28. The summed E-state index contributed by atoms with van der Waals surface area (Å²) in [4.78, 5) is 1.53. The fraction of sp³-hybridized carbons (Fsp3) is 0.304. The van der Waals surface area contributed by atoms with Crippen LogP contribution in [0, 0.1) is 12.7 Å². The van der Waals surface area contributed by atoms with E-state index in [0.717, 1.165) is 36.7 Å². The lowest BCUT2D eigenvalue weighted by Gasteiger charge is -2.26.